The summed E-state index contributed by atoms with van der Waals surface area (Å²) in [7, 11) is -3.29. The number of fused-ring (bicyclic) bond motifs is 1. The highest BCUT2D eigenvalue weighted by Gasteiger charge is 2.28. The van der Waals surface area contributed by atoms with Crippen molar-refractivity contribution in [3.63, 3.8) is 0 Å². The van der Waals surface area contributed by atoms with Gasteiger partial charge in [0, 0.05) is 23.4 Å². The predicted octanol–water partition coefficient (Wildman–Crippen LogP) is 2.63. The summed E-state index contributed by atoms with van der Waals surface area (Å²) in [5.41, 5.74) is 0.718. The van der Waals surface area contributed by atoms with E-state index in [4.69, 9.17) is 0 Å². The Hall–Kier alpha value is -1.05. The van der Waals surface area contributed by atoms with Crippen LogP contribution in [0.1, 0.15) is 4.88 Å². The Labute approximate surface area is 126 Å². The van der Waals surface area contributed by atoms with Crippen molar-refractivity contribution in [3.05, 3.63) is 40.7 Å². The van der Waals surface area contributed by atoms with Crippen LogP contribution in [0.3, 0.4) is 0 Å². The largest absolute Gasteiger partial charge is 0.267 e. The third kappa shape index (κ3) is 2.84. The van der Waals surface area contributed by atoms with Crippen molar-refractivity contribution in [1.29, 1.82) is 0 Å². The van der Waals surface area contributed by atoms with Crippen molar-refractivity contribution in [3.8, 4) is 0 Å². The number of pyridine rings is 1. The number of rotatable bonds is 4. The van der Waals surface area contributed by atoms with Gasteiger partial charge in [0.2, 0.25) is 10.0 Å². The molecular formula is C13H14N2O2S3. The first kappa shape index (κ1) is 13.9. The molecule has 20 heavy (non-hydrogen) atoms. The van der Waals surface area contributed by atoms with Gasteiger partial charge in [-0.1, -0.05) is 6.07 Å². The van der Waals surface area contributed by atoms with Crippen LogP contribution in [0.4, 0.5) is 5.69 Å². The normalized spacial score (nSPS) is 15.1. The Morgan fingerprint density at radius 2 is 2.20 bits per heavy atom. The second kappa shape index (κ2) is 5.75. The smallest absolute Gasteiger partial charge is 0.235 e. The van der Waals surface area contributed by atoms with E-state index in [1.165, 1.54) is 4.31 Å². The second-order valence-corrected chi connectivity index (χ2v) is 8.52. The number of aromatic nitrogens is 1. The molecule has 4 nitrogen and oxygen atoms in total. The predicted molar refractivity (Wildman–Crippen MR) is 84.1 cm³/mol. The molecule has 3 heterocycles. The topological polar surface area (TPSA) is 50.3 Å². The molecule has 1 aliphatic heterocycles. The summed E-state index contributed by atoms with van der Waals surface area (Å²) in [5.74, 6) is 0.898. The molecule has 0 aliphatic carbocycles. The van der Waals surface area contributed by atoms with Crippen LogP contribution in [0, 0.1) is 0 Å². The highest BCUT2D eigenvalue weighted by Crippen LogP contribution is 2.34. The fourth-order valence-electron chi connectivity index (χ4n) is 2.11. The van der Waals surface area contributed by atoms with Gasteiger partial charge < -0.3 is 0 Å². The van der Waals surface area contributed by atoms with E-state index < -0.39 is 10.0 Å². The van der Waals surface area contributed by atoms with Crippen LogP contribution in [-0.2, 0) is 16.4 Å². The molecule has 1 aliphatic rings. The summed E-state index contributed by atoms with van der Waals surface area (Å²) < 4.78 is 26.6. The third-order valence-electron chi connectivity index (χ3n) is 3.08. The van der Waals surface area contributed by atoms with E-state index >= 15 is 0 Å². The summed E-state index contributed by atoms with van der Waals surface area (Å²) >= 11 is 3.21. The minimum Gasteiger partial charge on any atom is -0.267 e. The minimum absolute atomic E-state index is 0.145. The van der Waals surface area contributed by atoms with Gasteiger partial charge in [-0.25, -0.2) is 13.4 Å². The van der Waals surface area contributed by atoms with Crippen LogP contribution in [-0.4, -0.2) is 31.5 Å². The van der Waals surface area contributed by atoms with E-state index in [1.54, 1.807) is 35.4 Å². The number of nitrogens with zero attached hydrogens (tertiary/aromatic N) is 2. The first-order valence-corrected chi connectivity index (χ1v) is 9.75. The first-order chi connectivity index (χ1) is 9.67. The Morgan fingerprint density at radius 1 is 1.30 bits per heavy atom. The van der Waals surface area contributed by atoms with E-state index in [1.807, 2.05) is 23.6 Å². The number of thioether (sulfide) groups is 1. The zero-order chi connectivity index (χ0) is 14.0. The van der Waals surface area contributed by atoms with Crippen LogP contribution < -0.4 is 4.31 Å². The molecule has 2 aromatic rings. The lowest BCUT2D eigenvalue weighted by molar-refractivity contribution is 0.590. The number of anilines is 1. The van der Waals surface area contributed by atoms with Crippen LogP contribution in [0.5, 0.6) is 0 Å². The van der Waals surface area contributed by atoms with Crippen molar-refractivity contribution in [2.45, 2.75) is 11.4 Å². The molecule has 7 heteroatoms. The van der Waals surface area contributed by atoms with Crippen molar-refractivity contribution >= 4 is 38.8 Å². The van der Waals surface area contributed by atoms with E-state index in [0.29, 0.717) is 13.0 Å². The molecule has 0 amide bonds. The molecule has 2 aromatic heterocycles. The fourth-order valence-corrected chi connectivity index (χ4v) is 5.57. The van der Waals surface area contributed by atoms with Crippen LogP contribution in [0.15, 0.2) is 40.9 Å². The van der Waals surface area contributed by atoms with Crippen LogP contribution in [0.2, 0.25) is 0 Å². The van der Waals surface area contributed by atoms with E-state index in [9.17, 15) is 8.42 Å². The van der Waals surface area contributed by atoms with Gasteiger partial charge >= 0.3 is 0 Å². The van der Waals surface area contributed by atoms with Gasteiger partial charge in [0.25, 0.3) is 0 Å². The van der Waals surface area contributed by atoms with E-state index in [0.717, 1.165) is 21.3 Å². The third-order valence-corrected chi connectivity index (χ3v) is 6.76. The number of hydrogen-bond acceptors (Lipinski definition) is 5. The standard InChI is InChI=1S/C13H14N2O2S3/c16-20(17,10-5-11-3-2-8-18-11)15-7-9-19-13-12(15)4-1-6-14-13/h1-4,6,8H,5,7,9-10H2. The van der Waals surface area contributed by atoms with Crippen molar-refractivity contribution in [2.24, 2.45) is 0 Å². The molecule has 106 valence electrons. The molecule has 0 fully saturated rings. The van der Waals surface area contributed by atoms with Gasteiger partial charge in [0.15, 0.2) is 0 Å². The maximum atomic E-state index is 12.5. The lowest BCUT2D eigenvalue weighted by Gasteiger charge is -2.29. The van der Waals surface area contributed by atoms with Gasteiger partial charge in [-0.3, -0.25) is 4.31 Å². The number of sulfonamides is 1. The lowest BCUT2D eigenvalue weighted by Crippen LogP contribution is -2.37. The van der Waals surface area contributed by atoms with Gasteiger partial charge in [-0.05, 0) is 30.0 Å². The molecule has 0 saturated heterocycles. The molecular weight excluding hydrogens is 312 g/mol. The number of aryl methyl sites for hydroxylation is 1. The summed E-state index contributed by atoms with van der Waals surface area (Å²) in [6.07, 6.45) is 2.27. The minimum atomic E-state index is -3.29. The molecule has 0 unspecified atom stereocenters. The van der Waals surface area contributed by atoms with E-state index in [2.05, 4.69) is 4.98 Å². The summed E-state index contributed by atoms with van der Waals surface area (Å²) in [6.45, 7) is 0.524. The maximum absolute atomic E-state index is 12.5. The lowest BCUT2D eigenvalue weighted by atomic mass is 10.4. The quantitative estimate of drug-likeness (QED) is 0.867. The second-order valence-electron chi connectivity index (χ2n) is 4.39. The molecule has 0 bridgehead atoms. The Morgan fingerprint density at radius 3 is 3.00 bits per heavy atom. The number of hydrogen-bond donors (Lipinski definition) is 0. The molecule has 0 spiro atoms. The zero-order valence-electron chi connectivity index (χ0n) is 10.7. The van der Waals surface area contributed by atoms with Crippen molar-refractivity contribution in [1.82, 2.24) is 4.98 Å². The zero-order valence-corrected chi connectivity index (χ0v) is 13.2. The van der Waals surface area contributed by atoms with E-state index in [-0.39, 0.29) is 5.75 Å². The first-order valence-electron chi connectivity index (χ1n) is 6.27. The summed E-state index contributed by atoms with van der Waals surface area (Å²) in [4.78, 5) is 5.36. The highest BCUT2D eigenvalue weighted by atomic mass is 32.2. The Balaban J connectivity index is 1.81. The molecule has 0 atom stereocenters. The van der Waals surface area contributed by atoms with Crippen LogP contribution >= 0.6 is 23.1 Å². The molecule has 0 radical (unpaired) electrons. The monoisotopic (exact) mass is 326 g/mol. The number of thiophene rings is 1. The van der Waals surface area contributed by atoms with Gasteiger partial charge in [0.05, 0.1) is 11.4 Å². The van der Waals surface area contributed by atoms with Crippen molar-refractivity contribution in [2.75, 3.05) is 22.4 Å². The highest BCUT2D eigenvalue weighted by molar-refractivity contribution is 7.99. The van der Waals surface area contributed by atoms with Gasteiger partial charge in [0.1, 0.15) is 5.03 Å². The fraction of sp³-hybridized carbons (Fsp3) is 0.308. The molecule has 0 saturated carbocycles. The summed E-state index contributed by atoms with van der Waals surface area (Å²) in [6, 6.07) is 7.54. The van der Waals surface area contributed by atoms with Crippen LogP contribution in [0.25, 0.3) is 0 Å². The average Bonchev–Trinajstić information content (AvgIpc) is 2.98. The summed E-state index contributed by atoms with van der Waals surface area (Å²) in [5, 5.41) is 2.78. The molecule has 3 rings (SSSR count). The Bertz CT molecular complexity index is 683. The maximum Gasteiger partial charge on any atom is 0.235 e. The molecule has 0 N–H and O–H groups in total. The van der Waals surface area contributed by atoms with Crippen molar-refractivity contribution < 1.29 is 8.42 Å². The average molecular weight is 326 g/mol. The molecule has 0 aromatic carbocycles. The SMILES string of the molecule is O=S(=O)(CCc1cccs1)N1CCSc2ncccc21. The Kier molecular flexibility index (Phi) is 4.00. The van der Waals surface area contributed by atoms with Gasteiger partial charge in [-0.2, -0.15) is 0 Å². The van der Waals surface area contributed by atoms with Gasteiger partial charge in [-0.15, -0.1) is 23.1 Å².